The van der Waals surface area contributed by atoms with Crippen molar-refractivity contribution in [2.24, 2.45) is 0 Å². The van der Waals surface area contributed by atoms with Gasteiger partial charge in [0.15, 0.2) is 5.71 Å². The number of anilines is 1. The molecule has 72 heavy (non-hydrogen) atoms. The molecule has 4 aromatic rings. The van der Waals surface area contributed by atoms with Crippen LogP contribution in [0.3, 0.4) is 0 Å². The van der Waals surface area contributed by atoms with Crippen molar-refractivity contribution in [1.82, 2.24) is 0 Å². The molecule has 390 valence electrons. The van der Waals surface area contributed by atoms with Crippen molar-refractivity contribution in [3.05, 3.63) is 108 Å². The fourth-order valence-corrected chi connectivity index (χ4v) is 12.3. The number of hydrogen-bond acceptors (Lipinski definition) is 13. The molecule has 1 atom stereocenters. The smallest absolute Gasteiger partial charge is 0.303 e. The highest BCUT2D eigenvalue weighted by molar-refractivity contribution is 7.87. The average molecular weight is 1080 g/mol. The lowest BCUT2D eigenvalue weighted by atomic mass is 9.76. The van der Waals surface area contributed by atoms with Crippen LogP contribution < -0.4 is 4.90 Å². The second-order valence-electron chi connectivity index (χ2n) is 17.9. The first-order chi connectivity index (χ1) is 33.7. The Bertz CT molecular complexity index is 3400. The van der Waals surface area contributed by atoms with Gasteiger partial charge in [0.05, 0.1) is 41.6 Å². The number of allylic oxidation sites excluding steroid dienone is 8. The molecule has 0 spiro atoms. The number of aliphatic carboxylic acids is 1. The molecule has 4 aromatic carbocycles. The summed E-state index contributed by atoms with van der Waals surface area (Å²) in [6.45, 7) is 9.84. The summed E-state index contributed by atoms with van der Waals surface area (Å²) >= 11 is 0. The predicted octanol–water partition coefficient (Wildman–Crippen LogP) is 7.42. The molecule has 0 amide bonds. The molecule has 2 aliphatic rings. The van der Waals surface area contributed by atoms with E-state index in [4.69, 9.17) is 14.2 Å². The zero-order valence-corrected chi connectivity index (χ0v) is 43.6. The topological polar surface area (TPSA) is 289 Å². The van der Waals surface area contributed by atoms with Crippen molar-refractivity contribution in [3.63, 3.8) is 0 Å². The highest BCUT2D eigenvalue weighted by atomic mass is 32.2. The standard InChI is InChI=1S/C49H58N2O17S4/c1-6-50-39-20-18-35-37(29-33(69(54,55)56)31-41(35)71(60,61)62)46(39)48(2,3)43(50)15-11-8-7-9-12-16-44-49(4,22-24-67-27-28-68-26-25-66-5)47-38-30-34(70(57,58)59)32-42(72(63,64)65)36(38)19-21-40(47)51(44)23-14-10-13-17-45(52)53/h7-9,11-12,15-16,18-21,29-32H,6,10,13-14,17,22-28H2,1-5H3,(H4-,52,53,54,55,56,57,58,59,60,61,62,63,64,65)/p+1. The van der Waals surface area contributed by atoms with E-state index in [9.17, 15) is 61.8 Å². The maximum Gasteiger partial charge on any atom is 0.303 e. The van der Waals surface area contributed by atoms with E-state index >= 15 is 0 Å². The number of ether oxygens (including phenoxy) is 3. The molecule has 6 rings (SSSR count). The number of rotatable bonds is 24. The molecule has 23 heteroatoms. The summed E-state index contributed by atoms with van der Waals surface area (Å²) in [5.74, 6) is -0.928. The molecule has 0 aromatic heterocycles. The second kappa shape index (κ2) is 22.1. The first-order valence-corrected chi connectivity index (χ1v) is 28.6. The van der Waals surface area contributed by atoms with Crippen LogP contribution in [-0.4, -0.2) is 126 Å². The minimum Gasteiger partial charge on any atom is -0.481 e. The number of benzene rings is 4. The van der Waals surface area contributed by atoms with Crippen LogP contribution in [0.1, 0.15) is 70.9 Å². The Kier molecular flexibility index (Phi) is 17.2. The highest BCUT2D eigenvalue weighted by Gasteiger charge is 2.47. The largest absolute Gasteiger partial charge is 0.481 e. The zero-order valence-electron chi connectivity index (χ0n) is 40.3. The van der Waals surface area contributed by atoms with Gasteiger partial charge in [-0.25, -0.2) is 0 Å². The van der Waals surface area contributed by atoms with E-state index < -0.39 is 76.9 Å². The van der Waals surface area contributed by atoms with E-state index in [-0.39, 0.29) is 54.2 Å². The molecule has 0 aliphatic carbocycles. The Hall–Kier alpha value is -5.18. The number of nitrogens with zero attached hydrogens (tertiary/aromatic N) is 2. The first kappa shape index (κ1) is 56.1. The highest BCUT2D eigenvalue weighted by Crippen LogP contribution is 2.54. The minimum absolute atomic E-state index is 0.0159. The van der Waals surface area contributed by atoms with Crippen LogP contribution in [0.15, 0.2) is 116 Å². The summed E-state index contributed by atoms with van der Waals surface area (Å²) in [4.78, 5) is 10.5. The number of hydrogen-bond donors (Lipinski definition) is 5. The first-order valence-electron chi connectivity index (χ1n) is 22.8. The maximum absolute atomic E-state index is 12.8. The van der Waals surface area contributed by atoms with Gasteiger partial charge in [0.1, 0.15) is 16.3 Å². The quantitative estimate of drug-likeness (QED) is 0.0197. The van der Waals surface area contributed by atoms with Gasteiger partial charge in [0.2, 0.25) is 5.69 Å². The van der Waals surface area contributed by atoms with Gasteiger partial charge in [-0.15, -0.1) is 0 Å². The summed E-state index contributed by atoms with van der Waals surface area (Å²) in [6, 6.07) is 10.1. The van der Waals surface area contributed by atoms with Gasteiger partial charge in [-0.05, 0) is 106 Å². The SMILES string of the molecule is CC[N+]1=C(/C=C/C=C/C=C/C=C2/N(CCCCCC(=O)O)c3ccc4c(S(=O)(=O)O)cc(S(=O)(=O)O)cc4c3C2(C)CCOCCOCCOC)C(C)(C)c2c1ccc1c(S(=O)(=O)O)cc(S(=O)(=O)O)cc21. The molecule has 0 radical (unpaired) electrons. The third kappa shape index (κ3) is 12.1. The van der Waals surface area contributed by atoms with Crippen LogP contribution in [0.2, 0.25) is 0 Å². The third-order valence-electron chi connectivity index (χ3n) is 12.9. The van der Waals surface area contributed by atoms with Gasteiger partial charge in [-0.2, -0.15) is 38.2 Å². The van der Waals surface area contributed by atoms with Gasteiger partial charge in [0.25, 0.3) is 40.5 Å². The van der Waals surface area contributed by atoms with Crippen LogP contribution >= 0.6 is 0 Å². The Balaban J connectivity index is 1.40. The second-order valence-corrected chi connectivity index (χ2v) is 23.6. The van der Waals surface area contributed by atoms with E-state index in [1.54, 1.807) is 49.6 Å². The van der Waals surface area contributed by atoms with Crippen molar-refractivity contribution in [2.45, 2.75) is 90.2 Å². The van der Waals surface area contributed by atoms with Crippen molar-refractivity contribution >= 4 is 85.1 Å². The molecule has 19 nitrogen and oxygen atoms in total. The van der Waals surface area contributed by atoms with Gasteiger partial charge in [-0.1, -0.05) is 42.9 Å². The van der Waals surface area contributed by atoms with Gasteiger partial charge < -0.3 is 24.2 Å². The Morgan fingerprint density at radius 3 is 1.75 bits per heavy atom. The van der Waals surface area contributed by atoms with Gasteiger partial charge >= 0.3 is 5.97 Å². The molecule has 5 N–H and O–H groups in total. The third-order valence-corrected chi connectivity index (χ3v) is 16.3. The fourth-order valence-electron chi connectivity index (χ4n) is 9.65. The lowest BCUT2D eigenvalue weighted by molar-refractivity contribution is -0.433. The molecular formula is C49H59N2O17S4+. The Morgan fingerprint density at radius 1 is 0.653 bits per heavy atom. The number of unbranched alkanes of at least 4 members (excludes halogenated alkanes) is 2. The zero-order chi connectivity index (χ0) is 53.0. The van der Waals surface area contributed by atoms with Crippen molar-refractivity contribution in [1.29, 1.82) is 0 Å². The van der Waals surface area contributed by atoms with Crippen LogP contribution in [0, 0.1) is 0 Å². The molecule has 0 saturated carbocycles. The molecule has 2 aliphatic heterocycles. The lowest BCUT2D eigenvalue weighted by Crippen LogP contribution is -2.30. The monoisotopic (exact) mass is 1080 g/mol. The van der Waals surface area contributed by atoms with E-state index in [0.29, 0.717) is 79.8 Å². The summed E-state index contributed by atoms with van der Waals surface area (Å²) in [5.41, 5.74) is 1.94. The van der Waals surface area contributed by atoms with E-state index in [1.807, 2.05) is 49.3 Å². The number of fused-ring (bicyclic) bond motifs is 6. The van der Waals surface area contributed by atoms with Crippen molar-refractivity contribution in [3.8, 4) is 0 Å². The van der Waals surface area contributed by atoms with E-state index in [1.165, 1.54) is 24.3 Å². The normalized spacial score (nSPS) is 18.0. The Labute approximate surface area is 419 Å². The van der Waals surface area contributed by atoms with Crippen LogP contribution in [-0.2, 0) is 70.3 Å². The number of carboxylic acids is 1. The molecule has 0 fully saturated rings. The van der Waals surface area contributed by atoms with Crippen molar-refractivity contribution < 1.29 is 80.6 Å². The van der Waals surface area contributed by atoms with Crippen molar-refractivity contribution in [2.75, 3.05) is 58.1 Å². The van der Waals surface area contributed by atoms with Crippen LogP contribution in [0.25, 0.3) is 21.5 Å². The molecule has 1 unspecified atom stereocenters. The van der Waals surface area contributed by atoms with E-state index in [0.717, 1.165) is 11.8 Å². The summed E-state index contributed by atoms with van der Waals surface area (Å²) in [7, 11) is -18.2. The predicted molar refractivity (Wildman–Crippen MR) is 270 cm³/mol. The number of carbonyl (C=O) groups is 1. The Morgan fingerprint density at radius 2 is 1.19 bits per heavy atom. The van der Waals surface area contributed by atoms with Gasteiger partial charge in [-0.3, -0.25) is 23.0 Å². The summed E-state index contributed by atoms with van der Waals surface area (Å²) < 4.78 is 159. The summed E-state index contributed by atoms with van der Waals surface area (Å²) in [6.07, 6.45) is 14.4. The molecule has 2 heterocycles. The van der Waals surface area contributed by atoms with E-state index in [2.05, 4.69) is 0 Å². The molecule has 0 bridgehead atoms. The number of carboxylic acid groups (broad SMARTS) is 1. The molecular weight excluding hydrogens is 1020 g/mol. The minimum atomic E-state index is -5.02. The van der Waals surface area contributed by atoms with Crippen LogP contribution in [0.4, 0.5) is 11.4 Å². The van der Waals surface area contributed by atoms with Crippen LogP contribution in [0.5, 0.6) is 0 Å². The maximum atomic E-state index is 12.8. The fraction of sp³-hybridized carbons (Fsp3) is 0.388. The number of methoxy groups -OCH3 is 1. The molecule has 0 saturated heterocycles. The average Bonchev–Trinajstić information content (AvgIpc) is 3.66. The summed E-state index contributed by atoms with van der Waals surface area (Å²) in [5, 5.41) is 9.73. The van der Waals surface area contributed by atoms with Gasteiger partial charge in [0, 0.05) is 72.0 Å². The lowest BCUT2D eigenvalue weighted by Gasteiger charge is -2.31.